The predicted octanol–water partition coefficient (Wildman–Crippen LogP) is 2.47. The van der Waals surface area contributed by atoms with E-state index in [0.29, 0.717) is 18.3 Å². The molecule has 0 amide bonds. The lowest BCUT2D eigenvalue weighted by atomic mass is 10.1. The maximum Gasteiger partial charge on any atom is 0.258 e. The molecule has 0 aliphatic carbocycles. The topological polar surface area (TPSA) is 60.2 Å². The fourth-order valence-electron chi connectivity index (χ4n) is 2.07. The Morgan fingerprint density at radius 2 is 2.32 bits per heavy atom. The average molecular weight is 324 g/mol. The van der Waals surface area contributed by atoms with Crippen molar-refractivity contribution in [3.63, 3.8) is 0 Å². The molecule has 1 fully saturated rings. The lowest BCUT2D eigenvalue weighted by molar-refractivity contribution is 0.0208. The monoisotopic (exact) mass is 323 g/mol. The Bertz CT molecular complexity index is 579. The molecule has 2 heterocycles. The number of halogens is 1. The summed E-state index contributed by atoms with van der Waals surface area (Å²) < 4.78 is 12.0. The Kier molecular flexibility index (Phi) is 3.63. The highest BCUT2D eigenvalue weighted by molar-refractivity contribution is 9.10. The van der Waals surface area contributed by atoms with Gasteiger partial charge in [0.05, 0.1) is 6.61 Å². The number of rotatable bonds is 2. The van der Waals surface area contributed by atoms with Crippen LogP contribution in [0.3, 0.4) is 0 Å². The molecule has 0 spiro atoms. The number of aromatic nitrogens is 2. The third-order valence-electron chi connectivity index (χ3n) is 3.08. The fourth-order valence-corrected chi connectivity index (χ4v) is 2.55. The van der Waals surface area contributed by atoms with Crippen molar-refractivity contribution in [3.8, 4) is 11.5 Å². The second kappa shape index (κ2) is 5.40. The first-order valence-corrected chi connectivity index (χ1v) is 6.96. The van der Waals surface area contributed by atoms with Crippen LogP contribution in [0.4, 0.5) is 0 Å². The second-order valence-corrected chi connectivity index (χ2v) is 5.40. The summed E-state index contributed by atoms with van der Waals surface area (Å²) in [5.41, 5.74) is 2.04. The molecule has 6 heteroatoms. The second-order valence-electron chi connectivity index (χ2n) is 4.48. The molecule has 0 bridgehead atoms. The number of ether oxygens (including phenoxy) is 1. The van der Waals surface area contributed by atoms with Crippen molar-refractivity contribution in [1.29, 1.82) is 0 Å². The molecule has 0 saturated carbocycles. The van der Waals surface area contributed by atoms with Gasteiger partial charge in [0.1, 0.15) is 6.10 Å². The summed E-state index contributed by atoms with van der Waals surface area (Å²) in [6.45, 7) is 4.28. The van der Waals surface area contributed by atoms with Gasteiger partial charge in [-0.2, -0.15) is 4.98 Å². The van der Waals surface area contributed by atoms with Gasteiger partial charge < -0.3 is 14.6 Å². The Labute approximate surface area is 119 Å². The van der Waals surface area contributed by atoms with Crippen LogP contribution < -0.4 is 5.32 Å². The normalized spacial score (nSPS) is 19.6. The molecule has 100 valence electrons. The zero-order valence-electron chi connectivity index (χ0n) is 10.5. The van der Waals surface area contributed by atoms with Gasteiger partial charge in [-0.05, 0) is 30.7 Å². The van der Waals surface area contributed by atoms with Crippen molar-refractivity contribution in [1.82, 2.24) is 15.5 Å². The van der Waals surface area contributed by atoms with E-state index in [2.05, 4.69) is 31.4 Å². The lowest BCUT2D eigenvalue weighted by Gasteiger charge is -2.20. The van der Waals surface area contributed by atoms with Crippen LogP contribution in [0.25, 0.3) is 11.5 Å². The van der Waals surface area contributed by atoms with Gasteiger partial charge in [-0.3, -0.25) is 0 Å². The van der Waals surface area contributed by atoms with Gasteiger partial charge in [0, 0.05) is 23.1 Å². The molecule has 1 aromatic heterocycles. The fraction of sp³-hybridized carbons (Fsp3) is 0.385. The molecule has 0 radical (unpaired) electrons. The minimum Gasteiger partial charge on any atom is -0.367 e. The zero-order valence-corrected chi connectivity index (χ0v) is 12.1. The summed E-state index contributed by atoms with van der Waals surface area (Å²) in [5.74, 6) is 1.14. The molecule has 19 heavy (non-hydrogen) atoms. The standard InChI is InChI=1S/C13H14BrN3O2/c1-8-6-9(14)2-3-10(8)13-16-12(17-19-13)11-7-15-4-5-18-11/h2-3,6,11,15H,4-5,7H2,1H3. The number of nitrogens with zero attached hydrogens (tertiary/aromatic N) is 2. The van der Waals surface area contributed by atoms with Crippen LogP contribution in [0.15, 0.2) is 27.2 Å². The van der Waals surface area contributed by atoms with Gasteiger partial charge in [-0.15, -0.1) is 0 Å². The molecular weight excluding hydrogens is 310 g/mol. The van der Waals surface area contributed by atoms with Crippen molar-refractivity contribution in [3.05, 3.63) is 34.1 Å². The van der Waals surface area contributed by atoms with E-state index in [4.69, 9.17) is 9.26 Å². The number of aryl methyl sites for hydroxylation is 1. The first-order chi connectivity index (χ1) is 9.24. The molecule has 1 aromatic carbocycles. The number of hydrogen-bond acceptors (Lipinski definition) is 5. The van der Waals surface area contributed by atoms with Crippen molar-refractivity contribution in [2.45, 2.75) is 13.0 Å². The highest BCUT2D eigenvalue weighted by Gasteiger charge is 2.22. The Balaban J connectivity index is 1.87. The van der Waals surface area contributed by atoms with Crippen LogP contribution in [-0.4, -0.2) is 29.8 Å². The van der Waals surface area contributed by atoms with E-state index in [1.807, 2.05) is 25.1 Å². The van der Waals surface area contributed by atoms with Crippen molar-refractivity contribution < 1.29 is 9.26 Å². The molecule has 1 unspecified atom stereocenters. The lowest BCUT2D eigenvalue weighted by Crippen LogP contribution is -2.33. The van der Waals surface area contributed by atoms with Crippen LogP contribution in [0.1, 0.15) is 17.5 Å². The number of nitrogens with one attached hydrogen (secondary N) is 1. The van der Waals surface area contributed by atoms with E-state index < -0.39 is 0 Å². The molecular formula is C13H14BrN3O2. The summed E-state index contributed by atoms with van der Waals surface area (Å²) in [6, 6.07) is 5.96. The maximum atomic E-state index is 5.61. The largest absolute Gasteiger partial charge is 0.367 e. The summed E-state index contributed by atoms with van der Waals surface area (Å²) in [6.07, 6.45) is -0.123. The SMILES string of the molecule is Cc1cc(Br)ccc1-c1nc(C2CNCCO2)no1. The first-order valence-electron chi connectivity index (χ1n) is 6.16. The minimum absolute atomic E-state index is 0.123. The van der Waals surface area contributed by atoms with E-state index in [0.717, 1.165) is 28.7 Å². The van der Waals surface area contributed by atoms with Gasteiger partial charge in [-0.25, -0.2) is 0 Å². The third kappa shape index (κ3) is 2.70. The smallest absolute Gasteiger partial charge is 0.258 e. The van der Waals surface area contributed by atoms with Crippen molar-refractivity contribution >= 4 is 15.9 Å². The zero-order chi connectivity index (χ0) is 13.2. The van der Waals surface area contributed by atoms with E-state index in [1.165, 1.54) is 0 Å². The molecule has 1 atom stereocenters. The summed E-state index contributed by atoms with van der Waals surface area (Å²) in [4.78, 5) is 4.44. The van der Waals surface area contributed by atoms with Gasteiger partial charge in [0.15, 0.2) is 0 Å². The van der Waals surface area contributed by atoms with E-state index in [1.54, 1.807) is 0 Å². The molecule has 1 aliphatic heterocycles. The van der Waals surface area contributed by atoms with Crippen LogP contribution in [0, 0.1) is 6.92 Å². The minimum atomic E-state index is -0.123. The number of hydrogen-bond donors (Lipinski definition) is 1. The predicted molar refractivity (Wildman–Crippen MR) is 73.7 cm³/mol. The van der Waals surface area contributed by atoms with Crippen LogP contribution in [0.5, 0.6) is 0 Å². The maximum absolute atomic E-state index is 5.61. The number of benzene rings is 1. The molecule has 1 saturated heterocycles. The van der Waals surface area contributed by atoms with Crippen LogP contribution in [0.2, 0.25) is 0 Å². The molecule has 1 N–H and O–H groups in total. The van der Waals surface area contributed by atoms with E-state index >= 15 is 0 Å². The Morgan fingerprint density at radius 1 is 1.42 bits per heavy atom. The quantitative estimate of drug-likeness (QED) is 0.920. The summed E-state index contributed by atoms with van der Waals surface area (Å²) in [5, 5.41) is 7.27. The summed E-state index contributed by atoms with van der Waals surface area (Å²) >= 11 is 3.44. The highest BCUT2D eigenvalue weighted by Crippen LogP contribution is 2.26. The highest BCUT2D eigenvalue weighted by atomic mass is 79.9. The molecule has 3 rings (SSSR count). The molecule has 1 aliphatic rings. The van der Waals surface area contributed by atoms with E-state index in [9.17, 15) is 0 Å². The van der Waals surface area contributed by atoms with E-state index in [-0.39, 0.29) is 6.10 Å². The van der Waals surface area contributed by atoms with Gasteiger partial charge >= 0.3 is 0 Å². The average Bonchev–Trinajstić information content (AvgIpc) is 2.89. The molecule has 2 aromatic rings. The van der Waals surface area contributed by atoms with Gasteiger partial charge in [-0.1, -0.05) is 21.1 Å². The summed E-state index contributed by atoms with van der Waals surface area (Å²) in [7, 11) is 0. The van der Waals surface area contributed by atoms with Crippen LogP contribution in [-0.2, 0) is 4.74 Å². The van der Waals surface area contributed by atoms with Crippen LogP contribution >= 0.6 is 15.9 Å². The van der Waals surface area contributed by atoms with Crippen molar-refractivity contribution in [2.75, 3.05) is 19.7 Å². The third-order valence-corrected chi connectivity index (χ3v) is 3.57. The molecule has 5 nitrogen and oxygen atoms in total. The van der Waals surface area contributed by atoms with Gasteiger partial charge in [0.2, 0.25) is 5.82 Å². The van der Waals surface area contributed by atoms with Crippen molar-refractivity contribution in [2.24, 2.45) is 0 Å². The Morgan fingerprint density at radius 3 is 3.05 bits per heavy atom. The van der Waals surface area contributed by atoms with Gasteiger partial charge in [0.25, 0.3) is 5.89 Å². The number of morpholine rings is 1. The Hall–Kier alpha value is -1.24. The first kappa shape index (κ1) is 12.8.